The van der Waals surface area contributed by atoms with E-state index >= 15 is 0 Å². The number of rotatable bonds is 8. The second-order valence-electron chi connectivity index (χ2n) is 4.49. The molecule has 0 radical (unpaired) electrons. The maximum atomic E-state index is 8.62. The molecule has 0 bridgehead atoms. The number of aliphatic hydroxyl groups is 1. The Balaban J connectivity index is 1.82. The fourth-order valence-corrected chi connectivity index (χ4v) is 2.06. The molecular formula is C13H25NO. The van der Waals surface area contributed by atoms with Crippen molar-refractivity contribution in [2.24, 2.45) is 5.92 Å². The molecule has 88 valence electrons. The first kappa shape index (κ1) is 12.7. The zero-order chi connectivity index (χ0) is 10.8. The second-order valence-corrected chi connectivity index (χ2v) is 4.49. The molecule has 2 heteroatoms. The van der Waals surface area contributed by atoms with Gasteiger partial charge in [0.25, 0.3) is 0 Å². The maximum absolute atomic E-state index is 8.62. The van der Waals surface area contributed by atoms with E-state index in [9.17, 15) is 0 Å². The molecule has 0 saturated carbocycles. The fraction of sp³-hybridized carbons (Fsp3) is 0.846. The Kier molecular flexibility index (Phi) is 7.58. The average Bonchev–Trinajstić information content (AvgIpc) is 2.29. The summed E-state index contributed by atoms with van der Waals surface area (Å²) >= 11 is 0. The highest BCUT2D eigenvalue weighted by molar-refractivity contribution is 4.90. The fourth-order valence-electron chi connectivity index (χ4n) is 2.06. The molecule has 0 aromatic heterocycles. The van der Waals surface area contributed by atoms with Crippen LogP contribution < -0.4 is 5.32 Å². The van der Waals surface area contributed by atoms with Gasteiger partial charge in [-0.3, -0.25) is 0 Å². The molecule has 1 unspecified atom stereocenters. The lowest BCUT2D eigenvalue weighted by molar-refractivity contribution is 0.282. The molecule has 0 aliphatic heterocycles. The van der Waals surface area contributed by atoms with Crippen molar-refractivity contribution < 1.29 is 5.11 Å². The zero-order valence-corrected chi connectivity index (χ0v) is 9.75. The third-order valence-corrected chi connectivity index (χ3v) is 3.07. The summed E-state index contributed by atoms with van der Waals surface area (Å²) in [5.41, 5.74) is 0. The predicted molar refractivity (Wildman–Crippen MR) is 64.9 cm³/mol. The first-order valence-electron chi connectivity index (χ1n) is 6.40. The van der Waals surface area contributed by atoms with Gasteiger partial charge >= 0.3 is 0 Å². The SMILES string of the molecule is OCCCCCCNCC1CC=CCC1. The van der Waals surface area contributed by atoms with E-state index in [-0.39, 0.29) is 0 Å². The van der Waals surface area contributed by atoms with E-state index in [1.54, 1.807) is 0 Å². The van der Waals surface area contributed by atoms with Crippen molar-refractivity contribution in [2.45, 2.75) is 44.9 Å². The molecule has 0 spiro atoms. The number of nitrogens with one attached hydrogen (secondary N) is 1. The molecule has 1 aliphatic rings. The van der Waals surface area contributed by atoms with Gasteiger partial charge in [0, 0.05) is 6.61 Å². The molecule has 0 heterocycles. The molecule has 2 N–H and O–H groups in total. The highest BCUT2D eigenvalue weighted by Gasteiger charge is 2.08. The number of aliphatic hydroxyl groups excluding tert-OH is 1. The van der Waals surface area contributed by atoms with Crippen LogP contribution in [0.2, 0.25) is 0 Å². The van der Waals surface area contributed by atoms with Gasteiger partial charge in [0.15, 0.2) is 0 Å². The van der Waals surface area contributed by atoms with E-state index in [2.05, 4.69) is 17.5 Å². The van der Waals surface area contributed by atoms with Crippen LogP contribution in [0.15, 0.2) is 12.2 Å². The number of allylic oxidation sites excluding steroid dienone is 2. The quantitative estimate of drug-likeness (QED) is 0.477. The van der Waals surface area contributed by atoms with Gasteiger partial charge in [-0.1, -0.05) is 25.0 Å². The Morgan fingerprint density at radius 2 is 2.00 bits per heavy atom. The number of unbranched alkanes of at least 4 members (excludes halogenated alkanes) is 3. The minimum Gasteiger partial charge on any atom is -0.396 e. The van der Waals surface area contributed by atoms with E-state index in [0.717, 1.165) is 18.9 Å². The van der Waals surface area contributed by atoms with Crippen LogP contribution in [-0.2, 0) is 0 Å². The summed E-state index contributed by atoms with van der Waals surface area (Å²) in [7, 11) is 0. The zero-order valence-electron chi connectivity index (χ0n) is 9.75. The Labute approximate surface area is 93.8 Å². The van der Waals surface area contributed by atoms with Gasteiger partial charge in [-0.25, -0.2) is 0 Å². The summed E-state index contributed by atoms with van der Waals surface area (Å²) in [6.07, 6.45) is 13.1. The standard InChI is InChI=1S/C13H25NO/c15-11-7-2-1-6-10-14-12-13-8-4-3-5-9-13/h3-4,13-15H,1-2,5-12H2. The number of hydrogen-bond donors (Lipinski definition) is 2. The maximum Gasteiger partial charge on any atom is 0.0431 e. The van der Waals surface area contributed by atoms with Gasteiger partial charge in [0.1, 0.15) is 0 Å². The highest BCUT2D eigenvalue weighted by Crippen LogP contribution is 2.16. The van der Waals surface area contributed by atoms with E-state index in [1.165, 1.54) is 45.1 Å². The minimum atomic E-state index is 0.349. The molecule has 0 fully saturated rings. The van der Waals surface area contributed by atoms with Crippen LogP contribution in [0.25, 0.3) is 0 Å². The van der Waals surface area contributed by atoms with E-state index < -0.39 is 0 Å². The van der Waals surface area contributed by atoms with Gasteiger partial charge < -0.3 is 10.4 Å². The summed E-state index contributed by atoms with van der Waals surface area (Å²) in [6.45, 7) is 2.68. The van der Waals surface area contributed by atoms with Crippen molar-refractivity contribution in [3.8, 4) is 0 Å². The Bertz CT molecular complexity index is 168. The first-order chi connectivity index (χ1) is 7.43. The molecular weight excluding hydrogens is 186 g/mol. The average molecular weight is 211 g/mol. The summed E-state index contributed by atoms with van der Waals surface area (Å²) in [4.78, 5) is 0. The molecule has 1 rings (SSSR count). The number of hydrogen-bond acceptors (Lipinski definition) is 2. The third kappa shape index (κ3) is 6.69. The summed E-state index contributed by atoms with van der Waals surface area (Å²) in [5, 5.41) is 12.2. The van der Waals surface area contributed by atoms with Crippen molar-refractivity contribution in [1.82, 2.24) is 5.32 Å². The topological polar surface area (TPSA) is 32.3 Å². The Morgan fingerprint density at radius 1 is 1.13 bits per heavy atom. The molecule has 2 nitrogen and oxygen atoms in total. The van der Waals surface area contributed by atoms with Crippen LogP contribution in [0.4, 0.5) is 0 Å². The lowest BCUT2D eigenvalue weighted by atomic mass is 9.94. The Hall–Kier alpha value is -0.340. The predicted octanol–water partition coefficient (Wildman–Crippen LogP) is 2.49. The van der Waals surface area contributed by atoms with Crippen molar-refractivity contribution in [1.29, 1.82) is 0 Å². The van der Waals surface area contributed by atoms with Gasteiger partial charge in [-0.15, -0.1) is 0 Å². The smallest absolute Gasteiger partial charge is 0.0431 e. The van der Waals surface area contributed by atoms with Gasteiger partial charge in [-0.2, -0.15) is 0 Å². The van der Waals surface area contributed by atoms with Crippen LogP contribution >= 0.6 is 0 Å². The monoisotopic (exact) mass is 211 g/mol. The van der Waals surface area contributed by atoms with Crippen molar-refractivity contribution in [3.05, 3.63) is 12.2 Å². The lowest BCUT2D eigenvalue weighted by Gasteiger charge is -2.18. The van der Waals surface area contributed by atoms with E-state index in [1.807, 2.05) is 0 Å². The molecule has 0 saturated heterocycles. The molecule has 15 heavy (non-hydrogen) atoms. The van der Waals surface area contributed by atoms with Gasteiger partial charge in [0.05, 0.1) is 0 Å². The van der Waals surface area contributed by atoms with Gasteiger partial charge in [0.2, 0.25) is 0 Å². The Morgan fingerprint density at radius 3 is 2.73 bits per heavy atom. The van der Waals surface area contributed by atoms with Crippen LogP contribution in [0.5, 0.6) is 0 Å². The van der Waals surface area contributed by atoms with Crippen LogP contribution in [0.3, 0.4) is 0 Å². The summed E-state index contributed by atoms with van der Waals surface area (Å²) in [5.74, 6) is 0.868. The molecule has 0 aromatic carbocycles. The summed E-state index contributed by atoms with van der Waals surface area (Å²) < 4.78 is 0. The third-order valence-electron chi connectivity index (χ3n) is 3.07. The molecule has 0 amide bonds. The van der Waals surface area contributed by atoms with Crippen LogP contribution in [0, 0.1) is 5.92 Å². The molecule has 1 aliphatic carbocycles. The lowest BCUT2D eigenvalue weighted by Crippen LogP contribution is -2.24. The molecule has 0 aromatic rings. The minimum absolute atomic E-state index is 0.349. The van der Waals surface area contributed by atoms with Crippen LogP contribution in [0.1, 0.15) is 44.9 Å². The van der Waals surface area contributed by atoms with E-state index in [0.29, 0.717) is 6.61 Å². The van der Waals surface area contributed by atoms with Crippen LogP contribution in [-0.4, -0.2) is 24.8 Å². The second kappa shape index (κ2) is 8.93. The van der Waals surface area contributed by atoms with Crippen molar-refractivity contribution in [3.63, 3.8) is 0 Å². The first-order valence-corrected chi connectivity index (χ1v) is 6.40. The largest absolute Gasteiger partial charge is 0.396 e. The molecule has 1 atom stereocenters. The normalized spacial score (nSPS) is 20.7. The summed E-state index contributed by atoms with van der Waals surface area (Å²) in [6, 6.07) is 0. The highest BCUT2D eigenvalue weighted by atomic mass is 16.2. The van der Waals surface area contributed by atoms with Crippen molar-refractivity contribution in [2.75, 3.05) is 19.7 Å². The van der Waals surface area contributed by atoms with Crippen molar-refractivity contribution >= 4 is 0 Å². The van der Waals surface area contributed by atoms with Gasteiger partial charge in [-0.05, 0) is 51.1 Å². The van der Waals surface area contributed by atoms with E-state index in [4.69, 9.17) is 5.11 Å².